The number of carbonyl (C=O) groups excluding carboxylic acids is 1. The zero-order chi connectivity index (χ0) is 10.3. The van der Waals surface area contributed by atoms with Gasteiger partial charge in [-0.15, -0.1) is 17.0 Å². The van der Waals surface area contributed by atoms with Crippen molar-refractivity contribution in [1.82, 2.24) is 5.32 Å². The maximum atomic E-state index is 12.1. The van der Waals surface area contributed by atoms with E-state index in [1.54, 1.807) is 0 Å². The lowest BCUT2D eigenvalue weighted by Crippen LogP contribution is -2.44. The molecule has 0 aromatic heterocycles. The van der Waals surface area contributed by atoms with E-state index in [1.807, 2.05) is 18.2 Å². The second-order valence-electron chi connectivity index (χ2n) is 4.33. The molecule has 0 atom stereocenters. The average molecular weight is 283 g/mol. The van der Waals surface area contributed by atoms with Crippen LogP contribution in [0.25, 0.3) is 0 Å². The molecule has 1 aromatic carbocycles. The highest BCUT2D eigenvalue weighted by Crippen LogP contribution is 2.43. The summed E-state index contributed by atoms with van der Waals surface area (Å²) in [7, 11) is 0. The van der Waals surface area contributed by atoms with Crippen molar-refractivity contribution in [2.75, 3.05) is 18.4 Å². The molecule has 1 saturated heterocycles. The Balaban J connectivity index is 0.000000963. The number of piperidine rings is 1. The number of para-hydroxylation sites is 1. The summed E-state index contributed by atoms with van der Waals surface area (Å²) in [6.07, 6.45) is 1.83. The van der Waals surface area contributed by atoms with Gasteiger partial charge in [0.2, 0.25) is 5.91 Å². The van der Waals surface area contributed by atoms with Gasteiger partial charge in [-0.1, -0.05) is 18.2 Å². The molecule has 1 spiro atoms. The Morgan fingerprint density at radius 2 is 1.81 bits per heavy atom. The Kier molecular flexibility index (Phi) is 3.04. The minimum absolute atomic E-state index is 0. The van der Waals surface area contributed by atoms with Crippen molar-refractivity contribution in [2.24, 2.45) is 0 Å². The lowest BCUT2D eigenvalue weighted by atomic mass is 9.74. The summed E-state index contributed by atoms with van der Waals surface area (Å²) in [5.74, 6) is 0.185. The van der Waals surface area contributed by atoms with Crippen LogP contribution in [0.2, 0.25) is 0 Å². The molecule has 3 rings (SSSR count). The number of carbonyl (C=O) groups is 1. The van der Waals surface area contributed by atoms with Crippen LogP contribution in [-0.2, 0) is 10.2 Å². The van der Waals surface area contributed by atoms with Crippen LogP contribution in [0, 0.1) is 0 Å². The largest absolute Gasteiger partial charge is 0.325 e. The molecule has 0 radical (unpaired) electrons. The minimum Gasteiger partial charge on any atom is -0.325 e. The molecule has 16 heavy (non-hydrogen) atoms. The number of hydrogen-bond acceptors (Lipinski definition) is 2. The van der Waals surface area contributed by atoms with Gasteiger partial charge in [0.25, 0.3) is 0 Å². The molecule has 1 aromatic rings. The number of rotatable bonds is 0. The molecule has 86 valence electrons. The highest BCUT2D eigenvalue weighted by molar-refractivity contribution is 8.93. The monoisotopic (exact) mass is 282 g/mol. The maximum Gasteiger partial charge on any atom is 0.235 e. The first-order chi connectivity index (χ1) is 7.33. The zero-order valence-electron chi connectivity index (χ0n) is 8.95. The van der Waals surface area contributed by atoms with Crippen molar-refractivity contribution in [1.29, 1.82) is 0 Å². The van der Waals surface area contributed by atoms with Gasteiger partial charge in [0, 0.05) is 5.69 Å². The van der Waals surface area contributed by atoms with Gasteiger partial charge in [-0.25, -0.2) is 0 Å². The van der Waals surface area contributed by atoms with Crippen molar-refractivity contribution < 1.29 is 4.79 Å². The van der Waals surface area contributed by atoms with E-state index in [2.05, 4.69) is 16.7 Å². The van der Waals surface area contributed by atoms with Gasteiger partial charge in [0.1, 0.15) is 0 Å². The van der Waals surface area contributed by atoms with Crippen molar-refractivity contribution in [3.8, 4) is 0 Å². The standard InChI is InChI=1S/C12H14N2O.BrH/c15-11-12(5-7-13-8-6-12)9-3-1-2-4-10(9)14-11;/h1-4,13H,5-8H2,(H,14,15);1H. The van der Waals surface area contributed by atoms with E-state index in [9.17, 15) is 4.79 Å². The van der Waals surface area contributed by atoms with Gasteiger partial charge in [-0.3, -0.25) is 4.79 Å². The number of amides is 1. The fourth-order valence-electron chi connectivity index (χ4n) is 2.72. The second kappa shape index (κ2) is 4.18. The molecular formula is C12H15BrN2O. The van der Waals surface area contributed by atoms with E-state index in [0.29, 0.717) is 0 Å². The first-order valence-corrected chi connectivity index (χ1v) is 5.45. The zero-order valence-corrected chi connectivity index (χ0v) is 10.7. The number of hydrogen-bond donors (Lipinski definition) is 2. The third-order valence-electron chi connectivity index (χ3n) is 3.58. The third-order valence-corrected chi connectivity index (χ3v) is 3.58. The molecule has 0 bridgehead atoms. The number of benzene rings is 1. The molecule has 2 N–H and O–H groups in total. The Hall–Kier alpha value is -0.870. The van der Waals surface area contributed by atoms with Gasteiger partial charge >= 0.3 is 0 Å². The van der Waals surface area contributed by atoms with Gasteiger partial charge in [-0.2, -0.15) is 0 Å². The summed E-state index contributed by atoms with van der Waals surface area (Å²) in [5.41, 5.74) is 1.95. The molecule has 2 heterocycles. The predicted molar refractivity (Wildman–Crippen MR) is 69.2 cm³/mol. The van der Waals surface area contributed by atoms with Crippen LogP contribution in [0.15, 0.2) is 24.3 Å². The lowest BCUT2D eigenvalue weighted by molar-refractivity contribution is -0.121. The van der Waals surface area contributed by atoms with Crippen molar-refractivity contribution in [3.05, 3.63) is 29.8 Å². The summed E-state index contributed by atoms with van der Waals surface area (Å²) < 4.78 is 0. The second-order valence-corrected chi connectivity index (χ2v) is 4.33. The highest BCUT2D eigenvalue weighted by Gasteiger charge is 2.46. The van der Waals surface area contributed by atoms with E-state index in [4.69, 9.17) is 0 Å². The van der Waals surface area contributed by atoms with Crippen LogP contribution in [0.1, 0.15) is 18.4 Å². The first-order valence-electron chi connectivity index (χ1n) is 5.45. The molecule has 2 aliphatic heterocycles. The highest BCUT2D eigenvalue weighted by atomic mass is 79.9. The SMILES string of the molecule is Br.O=C1Nc2ccccc2C12CCNCC2. The van der Waals surface area contributed by atoms with Gasteiger partial charge in [0.05, 0.1) is 5.41 Å². The maximum absolute atomic E-state index is 12.1. The van der Waals surface area contributed by atoms with Crippen LogP contribution in [0.5, 0.6) is 0 Å². The van der Waals surface area contributed by atoms with Crippen molar-refractivity contribution in [3.63, 3.8) is 0 Å². The molecular weight excluding hydrogens is 268 g/mol. The van der Waals surface area contributed by atoms with Gasteiger partial charge < -0.3 is 10.6 Å². The topological polar surface area (TPSA) is 41.1 Å². The summed E-state index contributed by atoms with van der Waals surface area (Å²) in [6.45, 7) is 1.86. The Morgan fingerprint density at radius 3 is 2.56 bits per heavy atom. The van der Waals surface area contributed by atoms with Crippen molar-refractivity contribution in [2.45, 2.75) is 18.3 Å². The van der Waals surface area contributed by atoms with Crippen LogP contribution < -0.4 is 10.6 Å². The Labute approximate surface area is 105 Å². The normalized spacial score (nSPS) is 21.1. The summed E-state index contributed by atoms with van der Waals surface area (Å²) in [6, 6.07) is 8.06. The molecule has 0 unspecified atom stereocenters. The first kappa shape index (κ1) is 11.6. The summed E-state index contributed by atoms with van der Waals surface area (Å²) in [4.78, 5) is 12.1. The van der Waals surface area contributed by atoms with Crippen LogP contribution in [0.3, 0.4) is 0 Å². The summed E-state index contributed by atoms with van der Waals surface area (Å²) >= 11 is 0. The molecule has 2 aliphatic rings. The molecule has 4 heteroatoms. The van der Waals surface area contributed by atoms with E-state index in [0.717, 1.165) is 31.6 Å². The number of fused-ring (bicyclic) bond motifs is 2. The Bertz CT molecular complexity index is 413. The number of nitrogens with one attached hydrogen (secondary N) is 2. The van der Waals surface area contributed by atoms with Gasteiger partial charge in [-0.05, 0) is 37.6 Å². The fourth-order valence-corrected chi connectivity index (χ4v) is 2.72. The molecule has 0 saturated carbocycles. The molecule has 1 fully saturated rings. The number of halogens is 1. The molecule has 1 amide bonds. The van der Waals surface area contributed by atoms with Crippen LogP contribution in [0.4, 0.5) is 5.69 Å². The smallest absolute Gasteiger partial charge is 0.235 e. The summed E-state index contributed by atoms with van der Waals surface area (Å²) in [5, 5.41) is 6.30. The van der Waals surface area contributed by atoms with Gasteiger partial charge in [0.15, 0.2) is 0 Å². The average Bonchev–Trinajstić information content (AvgIpc) is 2.55. The predicted octanol–water partition coefficient (Wildman–Crippen LogP) is 1.84. The van der Waals surface area contributed by atoms with Crippen LogP contribution >= 0.6 is 17.0 Å². The number of anilines is 1. The van der Waals surface area contributed by atoms with Crippen molar-refractivity contribution >= 4 is 28.6 Å². The third kappa shape index (κ3) is 1.48. The Morgan fingerprint density at radius 1 is 1.12 bits per heavy atom. The van der Waals surface area contributed by atoms with E-state index >= 15 is 0 Å². The molecule has 3 nitrogen and oxygen atoms in total. The van der Waals surface area contributed by atoms with E-state index < -0.39 is 0 Å². The van der Waals surface area contributed by atoms with E-state index in [1.165, 1.54) is 5.56 Å². The minimum atomic E-state index is -0.248. The quantitative estimate of drug-likeness (QED) is 0.763. The fraction of sp³-hybridized carbons (Fsp3) is 0.417. The van der Waals surface area contributed by atoms with E-state index in [-0.39, 0.29) is 28.3 Å². The molecule has 0 aliphatic carbocycles. The lowest BCUT2D eigenvalue weighted by Gasteiger charge is -2.31. The van der Waals surface area contributed by atoms with Crippen LogP contribution in [-0.4, -0.2) is 19.0 Å².